The van der Waals surface area contributed by atoms with Crippen LogP contribution in [0, 0.1) is 5.92 Å². The Morgan fingerprint density at radius 1 is 1.58 bits per heavy atom. The number of hydrogen-bond donors (Lipinski definition) is 2. The Labute approximate surface area is 116 Å². The monoisotopic (exact) mass is 284 g/mol. The first-order valence-electron chi connectivity index (χ1n) is 6.37. The van der Waals surface area contributed by atoms with Crippen LogP contribution in [0.1, 0.15) is 29.6 Å². The van der Waals surface area contributed by atoms with Gasteiger partial charge in [-0.15, -0.1) is 0 Å². The number of aromatic nitrogens is 1. The highest BCUT2D eigenvalue weighted by molar-refractivity contribution is 6.33. The number of pyridine rings is 1. The maximum absolute atomic E-state index is 10.9. The summed E-state index contributed by atoms with van der Waals surface area (Å²) < 4.78 is 5.50. The number of anilines is 1. The Bertz CT molecular complexity index is 450. The number of ether oxygens (including phenoxy) is 1. The normalized spacial score (nSPS) is 14.4. The predicted molar refractivity (Wildman–Crippen MR) is 72.9 cm³/mol. The average Bonchev–Trinajstić information content (AvgIpc) is 3.19. The summed E-state index contributed by atoms with van der Waals surface area (Å²) in [6.07, 6.45) is 4.80. The van der Waals surface area contributed by atoms with Crippen LogP contribution in [-0.4, -0.2) is 35.8 Å². The fourth-order valence-corrected chi connectivity index (χ4v) is 1.81. The molecule has 1 saturated carbocycles. The molecule has 0 amide bonds. The Morgan fingerprint density at radius 3 is 3.05 bits per heavy atom. The van der Waals surface area contributed by atoms with Crippen molar-refractivity contribution < 1.29 is 14.6 Å². The molecule has 6 heteroatoms. The minimum absolute atomic E-state index is 0.0594. The number of carbonyl (C=O) groups is 1. The molecule has 0 radical (unpaired) electrons. The zero-order valence-corrected chi connectivity index (χ0v) is 11.3. The molecule has 0 aromatic carbocycles. The van der Waals surface area contributed by atoms with Gasteiger partial charge < -0.3 is 15.2 Å². The van der Waals surface area contributed by atoms with Crippen LogP contribution < -0.4 is 5.32 Å². The van der Waals surface area contributed by atoms with Gasteiger partial charge in [-0.2, -0.15) is 0 Å². The molecular weight excluding hydrogens is 268 g/mol. The molecule has 0 spiro atoms. The molecule has 19 heavy (non-hydrogen) atoms. The first-order valence-corrected chi connectivity index (χ1v) is 6.75. The molecule has 0 saturated heterocycles. The second-order valence-corrected chi connectivity index (χ2v) is 5.06. The Hall–Kier alpha value is -1.33. The van der Waals surface area contributed by atoms with E-state index in [9.17, 15) is 4.79 Å². The molecule has 1 aliphatic carbocycles. The smallest absolute Gasteiger partial charge is 0.337 e. The predicted octanol–water partition coefficient (Wildman–Crippen LogP) is 2.66. The maximum atomic E-state index is 10.9. The summed E-state index contributed by atoms with van der Waals surface area (Å²) in [5.74, 6) is 0.247. The number of hydrogen-bond acceptors (Lipinski definition) is 4. The van der Waals surface area contributed by atoms with Crippen LogP contribution in [0.25, 0.3) is 0 Å². The van der Waals surface area contributed by atoms with Crippen molar-refractivity contribution >= 4 is 23.4 Å². The van der Waals surface area contributed by atoms with Crippen molar-refractivity contribution in [1.29, 1.82) is 0 Å². The summed E-state index contributed by atoms with van der Waals surface area (Å²) in [5.41, 5.74) is 0.0594. The van der Waals surface area contributed by atoms with Gasteiger partial charge in [0.2, 0.25) is 0 Å². The number of nitrogens with zero attached hydrogens (tertiary/aromatic N) is 1. The standard InChI is InChI=1S/C13H17ClN2O3/c14-11-7-16-12(6-10(11)13(17)18)15-4-1-5-19-8-9-2-3-9/h6-7,9H,1-5,8H2,(H,15,16)(H,17,18). The van der Waals surface area contributed by atoms with Crippen LogP contribution in [0.5, 0.6) is 0 Å². The number of carboxylic acids is 1. The van der Waals surface area contributed by atoms with E-state index in [1.54, 1.807) is 0 Å². The van der Waals surface area contributed by atoms with E-state index in [1.165, 1.54) is 25.1 Å². The van der Waals surface area contributed by atoms with E-state index in [1.807, 2.05) is 0 Å². The van der Waals surface area contributed by atoms with E-state index < -0.39 is 5.97 Å². The fraction of sp³-hybridized carbons (Fsp3) is 0.538. The molecule has 1 fully saturated rings. The molecule has 5 nitrogen and oxygen atoms in total. The third kappa shape index (κ3) is 4.69. The molecule has 1 aliphatic rings. The van der Waals surface area contributed by atoms with Crippen molar-refractivity contribution in [3.8, 4) is 0 Å². The Kier molecular flexibility index (Phi) is 4.99. The van der Waals surface area contributed by atoms with Gasteiger partial charge in [-0.25, -0.2) is 9.78 Å². The van der Waals surface area contributed by atoms with Crippen LogP contribution >= 0.6 is 11.6 Å². The molecule has 1 aromatic rings. The molecule has 0 bridgehead atoms. The van der Waals surface area contributed by atoms with Gasteiger partial charge in [-0.1, -0.05) is 11.6 Å². The molecular formula is C13H17ClN2O3. The van der Waals surface area contributed by atoms with Gasteiger partial charge in [-0.3, -0.25) is 0 Å². The fourth-order valence-electron chi connectivity index (χ4n) is 1.62. The molecule has 104 valence electrons. The van der Waals surface area contributed by atoms with Crippen LogP contribution in [-0.2, 0) is 4.74 Å². The summed E-state index contributed by atoms with van der Waals surface area (Å²) in [6, 6.07) is 1.44. The van der Waals surface area contributed by atoms with E-state index in [0.717, 1.165) is 18.9 Å². The lowest BCUT2D eigenvalue weighted by Crippen LogP contribution is -2.09. The summed E-state index contributed by atoms with van der Waals surface area (Å²) in [4.78, 5) is 14.9. The summed E-state index contributed by atoms with van der Waals surface area (Å²) >= 11 is 5.74. The third-order valence-corrected chi connectivity index (χ3v) is 3.21. The lowest BCUT2D eigenvalue weighted by molar-refractivity contribution is 0.0697. The highest BCUT2D eigenvalue weighted by atomic mass is 35.5. The lowest BCUT2D eigenvalue weighted by atomic mass is 10.2. The average molecular weight is 285 g/mol. The van der Waals surface area contributed by atoms with E-state index in [-0.39, 0.29) is 10.6 Å². The number of rotatable bonds is 8. The number of aromatic carboxylic acids is 1. The van der Waals surface area contributed by atoms with Crippen LogP contribution in [0.3, 0.4) is 0 Å². The van der Waals surface area contributed by atoms with Crippen LogP contribution in [0.2, 0.25) is 5.02 Å². The first-order chi connectivity index (χ1) is 9.16. The second kappa shape index (κ2) is 6.73. The zero-order chi connectivity index (χ0) is 13.7. The second-order valence-electron chi connectivity index (χ2n) is 4.65. The van der Waals surface area contributed by atoms with Gasteiger partial charge in [0.25, 0.3) is 0 Å². The topological polar surface area (TPSA) is 71.5 Å². The number of carboxylic acid groups (broad SMARTS) is 1. The minimum atomic E-state index is -1.05. The molecule has 1 aromatic heterocycles. The molecule has 0 atom stereocenters. The van der Waals surface area contributed by atoms with E-state index in [2.05, 4.69) is 10.3 Å². The quantitative estimate of drug-likeness (QED) is 0.718. The van der Waals surface area contributed by atoms with E-state index in [0.29, 0.717) is 19.0 Å². The van der Waals surface area contributed by atoms with Gasteiger partial charge in [-0.05, 0) is 31.2 Å². The minimum Gasteiger partial charge on any atom is -0.478 e. The summed E-state index contributed by atoms with van der Waals surface area (Å²) in [6.45, 7) is 2.27. The van der Waals surface area contributed by atoms with Gasteiger partial charge in [0.15, 0.2) is 0 Å². The SMILES string of the molecule is O=C(O)c1cc(NCCCOCC2CC2)ncc1Cl. The molecule has 1 heterocycles. The van der Waals surface area contributed by atoms with Crippen LogP contribution in [0.4, 0.5) is 5.82 Å². The maximum Gasteiger partial charge on any atom is 0.337 e. The Balaban J connectivity index is 1.69. The largest absolute Gasteiger partial charge is 0.478 e. The van der Waals surface area contributed by atoms with E-state index in [4.69, 9.17) is 21.4 Å². The van der Waals surface area contributed by atoms with Gasteiger partial charge >= 0.3 is 5.97 Å². The molecule has 0 unspecified atom stereocenters. The van der Waals surface area contributed by atoms with Crippen LogP contribution in [0.15, 0.2) is 12.3 Å². The lowest BCUT2D eigenvalue weighted by Gasteiger charge is -2.07. The third-order valence-electron chi connectivity index (χ3n) is 2.91. The summed E-state index contributed by atoms with van der Waals surface area (Å²) in [5, 5.41) is 12.1. The van der Waals surface area contributed by atoms with Gasteiger partial charge in [0.1, 0.15) is 5.82 Å². The highest BCUT2D eigenvalue weighted by Gasteiger charge is 2.20. The molecule has 2 N–H and O–H groups in total. The molecule has 2 rings (SSSR count). The zero-order valence-electron chi connectivity index (χ0n) is 10.6. The van der Waals surface area contributed by atoms with Crippen molar-refractivity contribution in [2.75, 3.05) is 25.1 Å². The van der Waals surface area contributed by atoms with Crippen molar-refractivity contribution in [2.24, 2.45) is 5.92 Å². The van der Waals surface area contributed by atoms with Gasteiger partial charge in [0, 0.05) is 26.0 Å². The van der Waals surface area contributed by atoms with Crippen molar-refractivity contribution in [3.63, 3.8) is 0 Å². The highest BCUT2D eigenvalue weighted by Crippen LogP contribution is 2.28. The Morgan fingerprint density at radius 2 is 2.37 bits per heavy atom. The molecule has 0 aliphatic heterocycles. The van der Waals surface area contributed by atoms with Crippen molar-refractivity contribution in [2.45, 2.75) is 19.3 Å². The number of nitrogens with one attached hydrogen (secondary N) is 1. The van der Waals surface area contributed by atoms with Crippen molar-refractivity contribution in [3.05, 3.63) is 22.8 Å². The number of halogens is 1. The first kappa shape index (κ1) is 14.1. The summed E-state index contributed by atoms with van der Waals surface area (Å²) in [7, 11) is 0. The van der Waals surface area contributed by atoms with E-state index >= 15 is 0 Å². The van der Waals surface area contributed by atoms with Crippen molar-refractivity contribution in [1.82, 2.24) is 4.98 Å². The van der Waals surface area contributed by atoms with Gasteiger partial charge in [0.05, 0.1) is 10.6 Å².